The van der Waals surface area contributed by atoms with Crippen LogP contribution in [0.15, 0.2) is 0 Å². The largest absolute Gasteiger partial charge is 0.286 e. The van der Waals surface area contributed by atoms with Gasteiger partial charge < -0.3 is 0 Å². The van der Waals surface area contributed by atoms with Gasteiger partial charge in [-0.25, -0.2) is 0 Å². The second-order valence-corrected chi connectivity index (χ2v) is 1.43. The van der Waals surface area contributed by atoms with E-state index in [2.05, 4.69) is 16.8 Å². The summed E-state index contributed by atoms with van der Waals surface area (Å²) in [4.78, 5) is 6.66. The molecule has 0 aliphatic heterocycles. The van der Waals surface area contributed by atoms with Crippen LogP contribution in [0.3, 0.4) is 0 Å². The molecule has 0 aromatic heterocycles. The monoisotopic (exact) mass is 123 g/mol. The highest BCUT2D eigenvalue weighted by Crippen LogP contribution is 1.84. The molecule has 0 aromatic rings. The Morgan fingerprint density at radius 1 is 1.71 bits per heavy atom. The van der Waals surface area contributed by atoms with Gasteiger partial charge in [-0.15, -0.1) is 5.00 Å². The van der Waals surface area contributed by atoms with E-state index in [9.17, 15) is 0 Å². The van der Waals surface area contributed by atoms with E-state index >= 15 is 0 Å². The van der Waals surface area contributed by atoms with Crippen molar-refractivity contribution in [2.24, 2.45) is 0 Å². The van der Waals surface area contributed by atoms with Crippen LogP contribution >= 0.6 is 11.8 Å². The van der Waals surface area contributed by atoms with Crippen LogP contribution in [0.25, 0.3) is 0 Å². The fraction of sp³-hybridized carbons (Fsp3) is 1.00. The van der Waals surface area contributed by atoms with E-state index < -0.39 is 0 Å². The lowest BCUT2D eigenvalue weighted by Crippen LogP contribution is -2.01. The van der Waals surface area contributed by atoms with E-state index in [1.807, 2.05) is 0 Å². The van der Waals surface area contributed by atoms with Gasteiger partial charge >= 0.3 is 0 Å². The first kappa shape index (κ1) is 7.21. The lowest BCUT2D eigenvalue weighted by molar-refractivity contribution is 0.0931. The maximum absolute atomic E-state index is 4.97. The van der Waals surface area contributed by atoms with Crippen LogP contribution < -0.4 is 5.00 Å². The number of unbranched alkanes of at least 4 members (excludes halogenated alkanes) is 1. The summed E-state index contributed by atoms with van der Waals surface area (Å²) >= 11 is 4.97. The number of nitrogens with one attached hydrogen (secondary N) is 1. The van der Waals surface area contributed by atoms with Crippen molar-refractivity contribution in [3.05, 3.63) is 0 Å². The maximum Gasteiger partial charge on any atom is 0.0697 e. The molecule has 1 N–H and O–H groups in total. The molecule has 0 amide bonds. The normalized spacial score (nSPS) is 9.43. The van der Waals surface area contributed by atoms with Crippen molar-refractivity contribution in [2.75, 3.05) is 6.61 Å². The number of rotatable bonds is 4. The lowest BCUT2D eigenvalue weighted by Gasteiger charge is -1.93. The Balaban J connectivity index is 2.45. The minimum Gasteiger partial charge on any atom is -0.286 e. The van der Waals surface area contributed by atoms with Gasteiger partial charge in [0.05, 0.1) is 6.61 Å². The highest BCUT2D eigenvalue weighted by molar-refractivity contribution is 6.12. The fourth-order valence-corrected chi connectivity index (χ4v) is 0.332. The van der Waals surface area contributed by atoms with Crippen LogP contribution in [-0.4, -0.2) is 6.61 Å². The van der Waals surface area contributed by atoms with Crippen LogP contribution in [0.5, 0.6) is 0 Å². The first-order chi connectivity index (χ1) is 3.41. The van der Waals surface area contributed by atoms with Gasteiger partial charge in [0.2, 0.25) is 0 Å². The Hall–Kier alpha value is 0.210. The molecule has 0 aromatic carbocycles. The summed E-state index contributed by atoms with van der Waals surface area (Å²) in [5, 5.41) is 0. The van der Waals surface area contributed by atoms with Crippen LogP contribution in [0.4, 0.5) is 0 Å². The zero-order valence-electron chi connectivity index (χ0n) is 4.41. The highest BCUT2D eigenvalue weighted by Gasteiger charge is 1.79. The van der Waals surface area contributed by atoms with Gasteiger partial charge in [0.25, 0.3) is 0 Å². The van der Waals surface area contributed by atoms with Crippen molar-refractivity contribution in [1.82, 2.24) is 5.00 Å². The van der Waals surface area contributed by atoms with E-state index in [4.69, 9.17) is 11.8 Å². The lowest BCUT2D eigenvalue weighted by atomic mass is 10.4. The molecule has 0 saturated carbocycles. The minimum atomic E-state index is 0.694. The van der Waals surface area contributed by atoms with Crippen LogP contribution in [0.1, 0.15) is 19.8 Å². The van der Waals surface area contributed by atoms with E-state index in [0.717, 1.165) is 12.8 Å². The molecule has 0 heterocycles. The Kier molecular flexibility index (Phi) is 6.40. The molecule has 7 heavy (non-hydrogen) atoms. The maximum atomic E-state index is 4.97. The SMILES string of the molecule is CCCCONCl. The van der Waals surface area contributed by atoms with Crippen molar-refractivity contribution < 1.29 is 4.84 Å². The molecule has 0 aliphatic carbocycles. The molecule has 0 aliphatic rings. The average molecular weight is 124 g/mol. The second-order valence-electron chi connectivity index (χ2n) is 1.28. The first-order valence-corrected chi connectivity index (χ1v) is 2.77. The second kappa shape index (κ2) is 6.21. The van der Waals surface area contributed by atoms with Gasteiger partial charge in [-0.05, 0) is 6.42 Å². The number of hydrogen-bond acceptors (Lipinski definition) is 2. The highest BCUT2D eigenvalue weighted by atomic mass is 35.5. The van der Waals surface area contributed by atoms with Crippen molar-refractivity contribution in [2.45, 2.75) is 19.8 Å². The standard InChI is InChI=1S/C4H10ClNO/c1-2-3-4-7-6-5/h6H,2-4H2,1H3. The summed E-state index contributed by atoms with van der Waals surface area (Å²) in [6.45, 7) is 2.79. The summed E-state index contributed by atoms with van der Waals surface area (Å²) < 4.78 is 0. The Morgan fingerprint density at radius 3 is 2.86 bits per heavy atom. The predicted octanol–water partition coefficient (Wildman–Crippen LogP) is 1.46. The quantitative estimate of drug-likeness (QED) is 0.347. The molecule has 0 saturated heterocycles. The Labute approximate surface area is 48.9 Å². The smallest absolute Gasteiger partial charge is 0.0697 e. The summed E-state index contributed by atoms with van der Waals surface area (Å²) in [6.07, 6.45) is 2.19. The van der Waals surface area contributed by atoms with Crippen molar-refractivity contribution in [3.8, 4) is 0 Å². The van der Waals surface area contributed by atoms with Crippen molar-refractivity contribution >= 4 is 11.8 Å². The molecule has 0 radical (unpaired) electrons. The third-order valence-electron chi connectivity index (χ3n) is 0.655. The van der Waals surface area contributed by atoms with Crippen molar-refractivity contribution in [3.63, 3.8) is 0 Å². The molecule has 0 spiro atoms. The Bertz CT molecular complexity index is 30.9. The zero-order valence-corrected chi connectivity index (χ0v) is 5.16. The van der Waals surface area contributed by atoms with Gasteiger partial charge in [0.1, 0.15) is 0 Å². The van der Waals surface area contributed by atoms with Gasteiger partial charge in [0, 0.05) is 11.8 Å². The molecule has 0 rings (SSSR count). The molecule has 0 bridgehead atoms. The fourth-order valence-electron chi connectivity index (χ4n) is 0.255. The van der Waals surface area contributed by atoms with E-state index in [-0.39, 0.29) is 0 Å². The molecule has 0 fully saturated rings. The van der Waals surface area contributed by atoms with E-state index in [0.29, 0.717) is 6.61 Å². The van der Waals surface area contributed by atoms with Gasteiger partial charge in [0.15, 0.2) is 0 Å². The minimum absolute atomic E-state index is 0.694. The Morgan fingerprint density at radius 2 is 2.43 bits per heavy atom. The summed E-state index contributed by atoms with van der Waals surface area (Å²) in [6, 6.07) is 0. The number of hydrogen-bond donors (Lipinski definition) is 1. The molecular weight excluding hydrogens is 114 g/mol. The summed E-state index contributed by atoms with van der Waals surface area (Å²) in [5.74, 6) is 0. The van der Waals surface area contributed by atoms with E-state index in [1.54, 1.807) is 0 Å². The van der Waals surface area contributed by atoms with Gasteiger partial charge in [-0.1, -0.05) is 13.3 Å². The van der Waals surface area contributed by atoms with E-state index in [1.165, 1.54) is 0 Å². The summed E-state index contributed by atoms with van der Waals surface area (Å²) in [7, 11) is 0. The van der Waals surface area contributed by atoms with Crippen LogP contribution in [0, 0.1) is 0 Å². The van der Waals surface area contributed by atoms with Crippen molar-refractivity contribution in [1.29, 1.82) is 0 Å². The zero-order chi connectivity index (χ0) is 5.54. The predicted molar refractivity (Wildman–Crippen MR) is 29.8 cm³/mol. The third-order valence-corrected chi connectivity index (χ3v) is 0.764. The molecule has 3 heteroatoms. The van der Waals surface area contributed by atoms with Crippen LogP contribution in [0.2, 0.25) is 0 Å². The molecule has 44 valence electrons. The summed E-state index contributed by atoms with van der Waals surface area (Å²) in [5.41, 5.74) is 0. The van der Waals surface area contributed by atoms with Crippen LogP contribution in [-0.2, 0) is 4.84 Å². The first-order valence-electron chi connectivity index (χ1n) is 2.39. The molecule has 0 atom stereocenters. The van der Waals surface area contributed by atoms with Gasteiger partial charge in [-0.3, -0.25) is 4.84 Å². The van der Waals surface area contributed by atoms with Gasteiger partial charge in [-0.2, -0.15) is 0 Å². The average Bonchev–Trinajstić information content (AvgIpc) is 1.69. The third kappa shape index (κ3) is 6.21. The molecular formula is C4H10ClNO. The molecule has 0 unspecified atom stereocenters. The molecule has 2 nitrogen and oxygen atoms in total. The topological polar surface area (TPSA) is 21.3 Å². The number of halogens is 1.